The van der Waals surface area contributed by atoms with Crippen LogP contribution in [-0.4, -0.2) is 36.7 Å². The minimum Gasteiger partial charge on any atom is -0.438 e. The third-order valence-electron chi connectivity index (χ3n) is 3.96. The Kier molecular flexibility index (Phi) is 4.83. The Labute approximate surface area is 157 Å². The van der Waals surface area contributed by atoms with Crippen LogP contribution in [0.1, 0.15) is 19.4 Å². The molecule has 0 amide bonds. The van der Waals surface area contributed by atoms with Gasteiger partial charge in [0.1, 0.15) is 0 Å². The lowest BCUT2D eigenvalue weighted by Gasteiger charge is -2.22. The first-order valence-electron chi connectivity index (χ1n) is 7.78. The van der Waals surface area contributed by atoms with E-state index in [2.05, 4.69) is 4.98 Å². The Morgan fingerprint density at radius 2 is 1.85 bits per heavy atom. The first-order valence-corrected chi connectivity index (χ1v) is 10.1. The van der Waals surface area contributed by atoms with Crippen LogP contribution in [0, 0.1) is 0 Å². The van der Waals surface area contributed by atoms with E-state index in [1.807, 2.05) is 0 Å². The van der Waals surface area contributed by atoms with Crippen molar-refractivity contribution in [2.45, 2.75) is 30.6 Å². The lowest BCUT2D eigenvalue weighted by Crippen LogP contribution is -2.24. The SMILES string of the molecule is CC1(C)OC(O)C(Oc2ccc(Cl)cn2)=C1c1ccc(S(C)(=O)=O)cc1. The fraction of sp³-hybridized carbons (Fsp3) is 0.278. The first-order chi connectivity index (χ1) is 12.1. The van der Waals surface area contributed by atoms with Gasteiger partial charge in [0, 0.05) is 24.1 Å². The smallest absolute Gasteiger partial charge is 0.219 e. The maximum absolute atomic E-state index is 11.7. The highest BCUT2D eigenvalue weighted by Gasteiger charge is 2.42. The molecule has 1 N–H and O–H groups in total. The molecule has 1 aliphatic rings. The van der Waals surface area contributed by atoms with Gasteiger partial charge in [-0.25, -0.2) is 13.4 Å². The molecule has 1 atom stereocenters. The van der Waals surface area contributed by atoms with Crippen LogP contribution >= 0.6 is 11.6 Å². The molecule has 8 heteroatoms. The number of aliphatic hydroxyl groups is 1. The summed E-state index contributed by atoms with van der Waals surface area (Å²) in [6, 6.07) is 9.55. The van der Waals surface area contributed by atoms with E-state index in [-0.39, 0.29) is 16.5 Å². The minimum atomic E-state index is -3.30. The molecule has 26 heavy (non-hydrogen) atoms. The third-order valence-corrected chi connectivity index (χ3v) is 5.32. The van der Waals surface area contributed by atoms with Gasteiger partial charge in [-0.1, -0.05) is 23.7 Å². The molecule has 6 nitrogen and oxygen atoms in total. The molecular weight excluding hydrogens is 378 g/mol. The lowest BCUT2D eigenvalue weighted by atomic mass is 9.92. The molecule has 1 unspecified atom stereocenters. The molecule has 2 aromatic rings. The van der Waals surface area contributed by atoms with Crippen molar-refractivity contribution < 1.29 is 23.0 Å². The van der Waals surface area contributed by atoms with Crippen LogP contribution in [0.25, 0.3) is 5.57 Å². The van der Waals surface area contributed by atoms with Crippen molar-refractivity contribution in [3.63, 3.8) is 0 Å². The van der Waals surface area contributed by atoms with Gasteiger partial charge in [-0.05, 0) is 37.6 Å². The number of hydrogen-bond donors (Lipinski definition) is 1. The number of aromatic nitrogens is 1. The molecule has 0 radical (unpaired) electrons. The van der Waals surface area contributed by atoms with E-state index in [9.17, 15) is 13.5 Å². The predicted molar refractivity (Wildman–Crippen MR) is 97.5 cm³/mol. The third kappa shape index (κ3) is 3.76. The fourth-order valence-electron chi connectivity index (χ4n) is 2.81. The molecule has 138 valence electrons. The maximum atomic E-state index is 11.7. The van der Waals surface area contributed by atoms with Gasteiger partial charge in [0.15, 0.2) is 15.6 Å². The van der Waals surface area contributed by atoms with Crippen molar-refractivity contribution in [2.75, 3.05) is 6.26 Å². The summed E-state index contributed by atoms with van der Waals surface area (Å²) < 4.78 is 34.7. The molecule has 0 saturated carbocycles. The molecule has 1 aliphatic heterocycles. The maximum Gasteiger partial charge on any atom is 0.219 e. The molecule has 1 aromatic heterocycles. The molecule has 0 fully saturated rings. The van der Waals surface area contributed by atoms with Crippen LogP contribution in [0.2, 0.25) is 5.02 Å². The topological polar surface area (TPSA) is 85.7 Å². The zero-order valence-corrected chi connectivity index (χ0v) is 16.0. The molecule has 1 aromatic carbocycles. The summed E-state index contributed by atoms with van der Waals surface area (Å²) in [6.07, 6.45) is 1.31. The van der Waals surface area contributed by atoms with Crippen LogP contribution in [0.4, 0.5) is 0 Å². The zero-order valence-electron chi connectivity index (χ0n) is 14.4. The average molecular weight is 396 g/mol. The fourth-order valence-corrected chi connectivity index (χ4v) is 3.55. The van der Waals surface area contributed by atoms with E-state index in [1.165, 1.54) is 18.3 Å². The highest BCUT2D eigenvalue weighted by atomic mass is 35.5. The van der Waals surface area contributed by atoms with Crippen LogP contribution in [0.15, 0.2) is 53.2 Å². The Morgan fingerprint density at radius 3 is 2.38 bits per heavy atom. The highest BCUT2D eigenvalue weighted by Crippen LogP contribution is 2.42. The normalized spacial score (nSPS) is 19.7. The van der Waals surface area contributed by atoms with Crippen molar-refractivity contribution in [3.8, 4) is 5.88 Å². The second-order valence-corrected chi connectivity index (χ2v) is 8.89. The van der Waals surface area contributed by atoms with E-state index in [0.717, 1.165) is 6.26 Å². The van der Waals surface area contributed by atoms with Gasteiger partial charge in [-0.2, -0.15) is 0 Å². The van der Waals surface area contributed by atoms with Gasteiger partial charge in [0.25, 0.3) is 0 Å². The first kappa shape index (κ1) is 18.8. The minimum absolute atomic E-state index is 0.205. The molecular formula is C18H18ClNO5S. The van der Waals surface area contributed by atoms with E-state index in [4.69, 9.17) is 21.1 Å². The van der Waals surface area contributed by atoms with Crippen LogP contribution in [0.3, 0.4) is 0 Å². The number of halogens is 1. The van der Waals surface area contributed by atoms with Crippen LogP contribution in [-0.2, 0) is 14.6 Å². The van der Waals surface area contributed by atoms with Crippen molar-refractivity contribution >= 4 is 27.0 Å². The van der Waals surface area contributed by atoms with Gasteiger partial charge in [0.05, 0.1) is 15.5 Å². The number of ether oxygens (including phenoxy) is 2. The van der Waals surface area contributed by atoms with Gasteiger partial charge in [-0.3, -0.25) is 0 Å². The van der Waals surface area contributed by atoms with Crippen molar-refractivity contribution in [1.29, 1.82) is 0 Å². The quantitative estimate of drug-likeness (QED) is 0.856. The van der Waals surface area contributed by atoms with E-state index < -0.39 is 21.7 Å². The number of benzene rings is 1. The summed E-state index contributed by atoms with van der Waals surface area (Å²) in [6.45, 7) is 3.59. The zero-order chi connectivity index (χ0) is 19.1. The highest BCUT2D eigenvalue weighted by molar-refractivity contribution is 7.90. The predicted octanol–water partition coefficient (Wildman–Crippen LogP) is 3.06. The monoisotopic (exact) mass is 395 g/mol. The van der Waals surface area contributed by atoms with Crippen molar-refractivity contribution in [1.82, 2.24) is 4.98 Å². The number of sulfone groups is 1. The summed E-state index contributed by atoms with van der Waals surface area (Å²) >= 11 is 5.83. The number of nitrogens with zero attached hydrogens (tertiary/aromatic N) is 1. The van der Waals surface area contributed by atoms with Gasteiger partial charge in [-0.15, -0.1) is 0 Å². The Hall–Kier alpha value is -1.93. The number of pyridine rings is 1. The number of rotatable bonds is 4. The molecule has 3 rings (SSSR count). The van der Waals surface area contributed by atoms with Crippen LogP contribution < -0.4 is 4.74 Å². The number of aliphatic hydroxyl groups excluding tert-OH is 1. The van der Waals surface area contributed by atoms with E-state index >= 15 is 0 Å². The number of hydrogen-bond acceptors (Lipinski definition) is 6. The average Bonchev–Trinajstić information content (AvgIpc) is 2.77. The van der Waals surface area contributed by atoms with Crippen LogP contribution in [0.5, 0.6) is 5.88 Å². The van der Waals surface area contributed by atoms with Gasteiger partial charge >= 0.3 is 0 Å². The van der Waals surface area contributed by atoms with Gasteiger partial charge < -0.3 is 14.6 Å². The largest absolute Gasteiger partial charge is 0.438 e. The Morgan fingerprint density at radius 1 is 1.19 bits per heavy atom. The summed E-state index contributed by atoms with van der Waals surface area (Å²) in [5.41, 5.74) is 0.457. The molecule has 0 saturated heterocycles. The standard InChI is InChI=1S/C18H18ClNO5S/c1-18(2)15(11-4-7-13(8-5-11)26(3,22)23)16(17(21)25-18)24-14-9-6-12(19)10-20-14/h4-10,17,21H,1-3H3. The Balaban J connectivity index is 2.06. The molecule has 0 bridgehead atoms. The summed E-state index contributed by atoms with van der Waals surface area (Å²) in [5.74, 6) is 0.465. The summed E-state index contributed by atoms with van der Waals surface area (Å²) in [7, 11) is -3.30. The molecule has 2 heterocycles. The summed E-state index contributed by atoms with van der Waals surface area (Å²) in [4.78, 5) is 4.27. The van der Waals surface area contributed by atoms with Crippen molar-refractivity contribution in [2.24, 2.45) is 0 Å². The second kappa shape index (κ2) is 6.66. The molecule has 0 spiro atoms. The van der Waals surface area contributed by atoms with E-state index in [0.29, 0.717) is 16.2 Å². The van der Waals surface area contributed by atoms with Crippen molar-refractivity contribution in [3.05, 3.63) is 58.9 Å². The van der Waals surface area contributed by atoms with Gasteiger partial charge in [0.2, 0.25) is 12.2 Å². The van der Waals surface area contributed by atoms with E-state index in [1.54, 1.807) is 38.1 Å². The molecule has 0 aliphatic carbocycles. The lowest BCUT2D eigenvalue weighted by molar-refractivity contribution is -0.121. The second-order valence-electron chi connectivity index (χ2n) is 6.43. The Bertz CT molecular complexity index is 950. The summed E-state index contributed by atoms with van der Waals surface area (Å²) in [5, 5.41) is 10.8.